The second-order valence-electron chi connectivity index (χ2n) is 11.0. The van der Waals surface area contributed by atoms with E-state index in [0.29, 0.717) is 6.54 Å². The molecule has 0 fully saturated rings. The molecule has 3 aliphatic rings. The van der Waals surface area contributed by atoms with E-state index in [0.717, 1.165) is 75.7 Å². The van der Waals surface area contributed by atoms with Gasteiger partial charge < -0.3 is 4.74 Å². The molecule has 2 aromatic carbocycles. The lowest BCUT2D eigenvalue weighted by Crippen LogP contribution is -2.05. The zero-order valence-electron chi connectivity index (χ0n) is 24.9. The van der Waals surface area contributed by atoms with Crippen molar-refractivity contribution in [3.63, 3.8) is 0 Å². The molecule has 0 N–H and O–H groups in total. The minimum Gasteiger partial charge on any atom is -0.458 e. The number of ether oxygens (including phenoxy) is 1. The number of aliphatic imine (C=N–C) groups is 1. The van der Waals surface area contributed by atoms with Crippen LogP contribution in [0.3, 0.4) is 0 Å². The van der Waals surface area contributed by atoms with E-state index in [9.17, 15) is 0 Å². The summed E-state index contributed by atoms with van der Waals surface area (Å²) < 4.78 is 6.49. The molecule has 2 aromatic rings. The highest BCUT2D eigenvalue weighted by molar-refractivity contribution is 7.90. The van der Waals surface area contributed by atoms with Crippen LogP contribution in [-0.2, 0) is 4.74 Å². The highest BCUT2D eigenvalue weighted by Gasteiger charge is 2.30. The summed E-state index contributed by atoms with van der Waals surface area (Å²) in [5, 5.41) is 0. The van der Waals surface area contributed by atoms with Gasteiger partial charge in [-0.1, -0.05) is 104 Å². The van der Waals surface area contributed by atoms with Gasteiger partial charge in [-0.15, -0.1) is 12.6 Å². The number of rotatable bonds is 8. The van der Waals surface area contributed by atoms with Crippen molar-refractivity contribution in [3.05, 3.63) is 160 Å². The van der Waals surface area contributed by atoms with Crippen LogP contribution < -0.4 is 0 Å². The maximum atomic E-state index is 6.49. The molecule has 212 valence electrons. The maximum absolute atomic E-state index is 6.49. The normalized spacial score (nSPS) is 18.8. The highest BCUT2D eigenvalue weighted by Crippen LogP contribution is 2.39. The standard InChI is InChI=1S/C39H39NOS/c1-6-7-16-30-21-22-33(28(5)27(30)4)35(23-26(2)3)31-17-13-18-32(24-31)39(42)38-37(34-19-11-12-20-36(34)41-38)40-25-29-14-9-8-10-15-29/h6-7,9,11,13-19,21-24,42H,1-2,8,10,12,20,25H2,3-5H3/b16-7-,35-23-,39-38+,40-37-. The van der Waals surface area contributed by atoms with Gasteiger partial charge in [-0.25, -0.2) is 0 Å². The van der Waals surface area contributed by atoms with Gasteiger partial charge >= 0.3 is 0 Å². The van der Waals surface area contributed by atoms with Crippen LogP contribution >= 0.6 is 12.6 Å². The lowest BCUT2D eigenvalue weighted by Gasteiger charge is -2.17. The van der Waals surface area contributed by atoms with Gasteiger partial charge in [0.15, 0.2) is 5.76 Å². The summed E-state index contributed by atoms with van der Waals surface area (Å²) in [6.07, 6.45) is 23.1. The van der Waals surface area contributed by atoms with Gasteiger partial charge in [0.2, 0.25) is 0 Å². The Balaban J connectivity index is 1.56. The van der Waals surface area contributed by atoms with Gasteiger partial charge in [0.05, 0.1) is 11.4 Å². The van der Waals surface area contributed by atoms with Crippen LogP contribution in [0.4, 0.5) is 0 Å². The predicted octanol–water partition coefficient (Wildman–Crippen LogP) is 10.5. The zero-order valence-corrected chi connectivity index (χ0v) is 25.8. The van der Waals surface area contributed by atoms with Crippen molar-refractivity contribution >= 4 is 34.9 Å². The first-order valence-electron chi connectivity index (χ1n) is 14.7. The van der Waals surface area contributed by atoms with Gasteiger partial charge in [-0.3, -0.25) is 4.99 Å². The van der Waals surface area contributed by atoms with Crippen LogP contribution in [0.1, 0.15) is 66.0 Å². The summed E-state index contributed by atoms with van der Waals surface area (Å²) >= 11 is 5.07. The molecule has 0 saturated heterocycles. The number of nitrogens with zero attached hydrogens (tertiary/aromatic N) is 1. The van der Waals surface area contributed by atoms with Crippen molar-refractivity contribution in [2.24, 2.45) is 4.99 Å². The summed E-state index contributed by atoms with van der Waals surface area (Å²) in [5.41, 5.74) is 12.3. The Bertz CT molecular complexity index is 1680. The van der Waals surface area contributed by atoms with E-state index >= 15 is 0 Å². The van der Waals surface area contributed by atoms with Gasteiger partial charge in [0.25, 0.3) is 0 Å². The third kappa shape index (κ3) is 6.37. The van der Waals surface area contributed by atoms with Crippen molar-refractivity contribution in [1.82, 2.24) is 0 Å². The van der Waals surface area contributed by atoms with E-state index in [1.165, 1.54) is 27.8 Å². The minimum absolute atomic E-state index is 0.631. The van der Waals surface area contributed by atoms with Gasteiger partial charge in [0, 0.05) is 12.0 Å². The third-order valence-electron chi connectivity index (χ3n) is 7.89. The molecule has 0 amide bonds. The van der Waals surface area contributed by atoms with Crippen LogP contribution in [-0.4, -0.2) is 12.3 Å². The maximum Gasteiger partial charge on any atom is 0.166 e. The third-order valence-corrected chi connectivity index (χ3v) is 8.36. The summed E-state index contributed by atoms with van der Waals surface area (Å²) in [5.74, 6) is 1.73. The Morgan fingerprint density at radius 1 is 1.02 bits per heavy atom. The molecule has 0 spiro atoms. The predicted molar refractivity (Wildman–Crippen MR) is 185 cm³/mol. The van der Waals surface area contributed by atoms with Crippen LogP contribution in [0.25, 0.3) is 16.6 Å². The van der Waals surface area contributed by atoms with Crippen molar-refractivity contribution in [2.45, 2.75) is 46.5 Å². The molecule has 1 aliphatic heterocycles. The van der Waals surface area contributed by atoms with Crippen molar-refractivity contribution in [3.8, 4) is 0 Å². The fraction of sp³-hybridized carbons (Fsp3) is 0.205. The Kier molecular flexibility index (Phi) is 9.29. The molecule has 0 atom stereocenters. The van der Waals surface area contributed by atoms with Crippen molar-refractivity contribution in [2.75, 3.05) is 6.54 Å². The second-order valence-corrected chi connectivity index (χ2v) is 11.5. The van der Waals surface area contributed by atoms with Crippen LogP contribution in [0, 0.1) is 13.8 Å². The van der Waals surface area contributed by atoms with Crippen molar-refractivity contribution < 1.29 is 4.74 Å². The average molecular weight is 570 g/mol. The summed E-state index contributed by atoms with van der Waals surface area (Å²) in [6.45, 7) is 15.0. The average Bonchev–Trinajstić information content (AvgIpc) is 3.38. The lowest BCUT2D eigenvalue weighted by atomic mass is 9.88. The van der Waals surface area contributed by atoms with Gasteiger partial charge in [-0.05, 0) is 90.6 Å². The van der Waals surface area contributed by atoms with Gasteiger partial charge in [0.1, 0.15) is 11.5 Å². The SMILES string of the molecule is C=C/C=C\c1ccc(/C(=C\C(=C)C)c2cccc(/C(S)=C3\OC4=C(C=CCC4)\C3=N\CC3=CCCC=C3)c2)c(C)c1C. The first kappa shape index (κ1) is 29.4. The van der Waals surface area contributed by atoms with E-state index in [2.05, 4.69) is 106 Å². The first-order valence-corrected chi connectivity index (χ1v) is 15.1. The molecule has 1 heterocycles. The minimum atomic E-state index is 0.631. The summed E-state index contributed by atoms with van der Waals surface area (Å²) in [7, 11) is 0. The summed E-state index contributed by atoms with van der Waals surface area (Å²) in [6, 6.07) is 12.9. The molecule has 42 heavy (non-hydrogen) atoms. The number of hydrogen-bond donors (Lipinski definition) is 1. The Hall–Kier alpha value is -4.08. The quantitative estimate of drug-likeness (QED) is 0.248. The fourth-order valence-electron chi connectivity index (χ4n) is 5.54. The molecule has 5 rings (SSSR count). The molecule has 3 heteroatoms. The van der Waals surface area contributed by atoms with E-state index < -0.39 is 0 Å². The molecular formula is C39H39NOS. The molecular weight excluding hydrogens is 531 g/mol. The molecule has 0 saturated carbocycles. The lowest BCUT2D eigenvalue weighted by molar-refractivity contribution is 0.325. The topological polar surface area (TPSA) is 21.6 Å². The Morgan fingerprint density at radius 3 is 2.60 bits per heavy atom. The molecule has 0 unspecified atom stereocenters. The zero-order chi connectivity index (χ0) is 29.6. The van der Waals surface area contributed by atoms with Gasteiger partial charge in [-0.2, -0.15) is 0 Å². The number of thiol groups is 1. The molecule has 0 bridgehead atoms. The van der Waals surface area contributed by atoms with E-state index in [1.807, 2.05) is 13.0 Å². The summed E-state index contributed by atoms with van der Waals surface area (Å²) in [4.78, 5) is 5.87. The molecule has 0 radical (unpaired) electrons. The monoisotopic (exact) mass is 569 g/mol. The molecule has 2 nitrogen and oxygen atoms in total. The van der Waals surface area contributed by atoms with E-state index in [1.54, 1.807) is 6.08 Å². The van der Waals surface area contributed by atoms with Crippen LogP contribution in [0.2, 0.25) is 0 Å². The van der Waals surface area contributed by atoms with E-state index in [-0.39, 0.29) is 0 Å². The number of allylic oxidation sites excluding steroid dienone is 10. The highest BCUT2D eigenvalue weighted by atomic mass is 32.1. The largest absolute Gasteiger partial charge is 0.458 e. The number of hydrogen-bond acceptors (Lipinski definition) is 3. The number of benzene rings is 2. The van der Waals surface area contributed by atoms with Crippen LogP contribution in [0.5, 0.6) is 0 Å². The smallest absolute Gasteiger partial charge is 0.166 e. The Labute approximate surface area is 256 Å². The van der Waals surface area contributed by atoms with Crippen LogP contribution in [0.15, 0.2) is 131 Å². The second kappa shape index (κ2) is 13.3. The first-order chi connectivity index (χ1) is 20.4. The fourth-order valence-corrected chi connectivity index (χ4v) is 5.83. The molecule has 2 aliphatic carbocycles. The Morgan fingerprint density at radius 2 is 1.83 bits per heavy atom. The van der Waals surface area contributed by atoms with Crippen molar-refractivity contribution in [1.29, 1.82) is 0 Å². The molecule has 0 aromatic heterocycles. The van der Waals surface area contributed by atoms with E-state index in [4.69, 9.17) is 22.4 Å².